The van der Waals surface area contributed by atoms with Gasteiger partial charge in [0.1, 0.15) is 0 Å². The van der Waals surface area contributed by atoms with Crippen molar-refractivity contribution in [2.24, 2.45) is 0 Å². The topological polar surface area (TPSA) is 58.2 Å². The van der Waals surface area contributed by atoms with Crippen LogP contribution in [-0.4, -0.2) is 47.6 Å². The third-order valence-electron chi connectivity index (χ3n) is 6.65. The van der Waals surface area contributed by atoms with Crippen molar-refractivity contribution >= 4 is 16.8 Å². The Morgan fingerprint density at radius 3 is 2.47 bits per heavy atom. The Kier molecular flexibility index (Phi) is 6.66. The van der Waals surface area contributed by atoms with Gasteiger partial charge in [0, 0.05) is 48.1 Å². The van der Waals surface area contributed by atoms with E-state index in [1.165, 1.54) is 33.3 Å². The molecule has 0 bridgehead atoms. The van der Waals surface area contributed by atoms with Crippen molar-refractivity contribution in [2.75, 3.05) is 26.8 Å². The predicted octanol–water partition coefficient (Wildman–Crippen LogP) is 5.71. The Balaban J connectivity index is 1.62. The van der Waals surface area contributed by atoms with Gasteiger partial charge in [0.05, 0.1) is 18.7 Å². The van der Waals surface area contributed by atoms with Gasteiger partial charge in [-0.1, -0.05) is 19.9 Å². The van der Waals surface area contributed by atoms with Gasteiger partial charge in [0.2, 0.25) is 5.91 Å². The summed E-state index contributed by atoms with van der Waals surface area (Å²) in [6.45, 7) is 10.8. The number of carbonyl (C=O) groups excluding carboxylic acids is 1. The fourth-order valence-electron chi connectivity index (χ4n) is 5.10. The minimum atomic E-state index is 0.209. The second kappa shape index (κ2) is 9.45. The van der Waals surface area contributed by atoms with Crippen molar-refractivity contribution in [1.29, 1.82) is 0 Å². The number of carbonyl (C=O) groups is 1. The van der Waals surface area contributed by atoms with E-state index in [9.17, 15) is 4.79 Å². The molecule has 0 atom stereocenters. The van der Waals surface area contributed by atoms with Crippen LogP contribution in [-0.2, 0) is 9.53 Å². The molecule has 3 aromatic rings. The first-order valence-electron chi connectivity index (χ1n) is 11.7. The van der Waals surface area contributed by atoms with Crippen LogP contribution in [0.25, 0.3) is 22.2 Å². The monoisotopic (exact) mass is 433 g/mol. The van der Waals surface area contributed by atoms with E-state index in [1.54, 1.807) is 7.11 Å². The highest BCUT2D eigenvalue weighted by Crippen LogP contribution is 2.38. The first kappa shape index (κ1) is 22.5. The molecular weight excluding hydrogens is 398 g/mol. The molecule has 3 heterocycles. The number of benzene rings is 1. The summed E-state index contributed by atoms with van der Waals surface area (Å²) in [5.41, 5.74) is 8.45. The molecule has 1 saturated heterocycles. The van der Waals surface area contributed by atoms with E-state index in [1.807, 2.05) is 4.90 Å². The zero-order valence-corrected chi connectivity index (χ0v) is 20.0. The predicted molar refractivity (Wildman–Crippen MR) is 130 cm³/mol. The molecule has 1 N–H and O–H groups in total. The highest BCUT2D eigenvalue weighted by molar-refractivity contribution is 5.92. The second-order valence-corrected chi connectivity index (χ2v) is 9.41. The molecule has 0 unspecified atom stereocenters. The van der Waals surface area contributed by atoms with Crippen molar-refractivity contribution in [1.82, 2.24) is 14.9 Å². The van der Waals surface area contributed by atoms with E-state index in [-0.39, 0.29) is 5.91 Å². The van der Waals surface area contributed by atoms with Gasteiger partial charge in [-0.25, -0.2) is 0 Å². The smallest absolute Gasteiger partial charge is 0.224 e. The van der Waals surface area contributed by atoms with Crippen LogP contribution in [0, 0.1) is 13.8 Å². The maximum absolute atomic E-state index is 12.3. The average Bonchev–Trinajstić information content (AvgIpc) is 3.16. The number of nitrogens with zero attached hydrogens (tertiary/aromatic N) is 2. The third kappa shape index (κ3) is 4.58. The number of aromatic nitrogens is 2. The zero-order chi connectivity index (χ0) is 22.8. The number of fused-ring (bicyclic) bond motifs is 1. The normalized spacial score (nSPS) is 15.1. The molecule has 4 rings (SSSR count). The highest BCUT2D eigenvalue weighted by atomic mass is 16.5. The number of hydrogen-bond acceptors (Lipinski definition) is 3. The fraction of sp³-hybridized carbons (Fsp3) is 0.481. The molecule has 1 aromatic carbocycles. The van der Waals surface area contributed by atoms with E-state index in [0.717, 1.165) is 37.3 Å². The second-order valence-electron chi connectivity index (χ2n) is 9.41. The minimum Gasteiger partial charge on any atom is -0.384 e. The molecule has 2 aromatic heterocycles. The summed E-state index contributed by atoms with van der Waals surface area (Å²) in [7, 11) is 1.64. The van der Waals surface area contributed by atoms with Crippen LogP contribution in [0.3, 0.4) is 0 Å². The summed E-state index contributed by atoms with van der Waals surface area (Å²) < 4.78 is 5.06. The lowest BCUT2D eigenvalue weighted by molar-refractivity contribution is -0.133. The van der Waals surface area contributed by atoms with E-state index in [4.69, 9.17) is 4.74 Å². The number of rotatable bonds is 6. The van der Waals surface area contributed by atoms with Crippen LogP contribution in [0.4, 0.5) is 0 Å². The van der Waals surface area contributed by atoms with Crippen LogP contribution in [0.15, 0.2) is 30.3 Å². The molecule has 0 aliphatic carbocycles. The largest absolute Gasteiger partial charge is 0.384 e. The minimum absolute atomic E-state index is 0.209. The van der Waals surface area contributed by atoms with Gasteiger partial charge < -0.3 is 14.6 Å². The molecule has 170 valence electrons. The zero-order valence-electron chi connectivity index (χ0n) is 20.0. The molecule has 1 aliphatic rings. The van der Waals surface area contributed by atoms with Gasteiger partial charge >= 0.3 is 0 Å². The Labute approximate surface area is 191 Å². The highest BCUT2D eigenvalue weighted by Gasteiger charge is 2.25. The van der Waals surface area contributed by atoms with E-state index in [2.05, 4.69) is 68.0 Å². The lowest BCUT2D eigenvalue weighted by Gasteiger charge is -2.32. The summed E-state index contributed by atoms with van der Waals surface area (Å²) in [6, 6.07) is 11.2. The van der Waals surface area contributed by atoms with Gasteiger partial charge in [0.15, 0.2) is 0 Å². The van der Waals surface area contributed by atoms with Gasteiger partial charge in [-0.05, 0) is 73.9 Å². The van der Waals surface area contributed by atoms with Crippen molar-refractivity contribution in [2.45, 2.75) is 58.8 Å². The van der Waals surface area contributed by atoms with Gasteiger partial charge in [-0.3, -0.25) is 9.78 Å². The molecule has 1 fully saturated rings. The van der Waals surface area contributed by atoms with Crippen molar-refractivity contribution in [3.8, 4) is 11.3 Å². The number of likely N-dealkylation sites (tertiary alicyclic amines) is 1. The maximum Gasteiger partial charge on any atom is 0.224 e. The molecule has 0 radical (unpaired) electrons. The van der Waals surface area contributed by atoms with Crippen LogP contribution in [0.2, 0.25) is 0 Å². The van der Waals surface area contributed by atoms with Crippen LogP contribution in [0.1, 0.15) is 67.5 Å². The summed E-state index contributed by atoms with van der Waals surface area (Å²) in [6.07, 6.45) is 2.51. The van der Waals surface area contributed by atoms with Crippen LogP contribution < -0.4 is 0 Å². The summed E-state index contributed by atoms with van der Waals surface area (Å²) in [5.74, 6) is 1.11. The Morgan fingerprint density at radius 1 is 1.16 bits per heavy atom. The summed E-state index contributed by atoms with van der Waals surface area (Å²) in [5, 5.41) is 1.32. The van der Waals surface area contributed by atoms with Crippen molar-refractivity contribution in [3.05, 3.63) is 52.8 Å². The SMILES string of the molecule is COCCC(=O)N1CCC(c2ccc3[nH]c(-c4cc(C)nc(C)c4)c(C(C)C)c3c2)CC1. The van der Waals surface area contributed by atoms with Crippen LogP contribution >= 0.6 is 0 Å². The molecule has 0 spiro atoms. The van der Waals surface area contributed by atoms with E-state index in [0.29, 0.717) is 24.9 Å². The maximum atomic E-state index is 12.3. The van der Waals surface area contributed by atoms with Crippen molar-refractivity contribution in [3.63, 3.8) is 0 Å². The molecule has 32 heavy (non-hydrogen) atoms. The number of methoxy groups -OCH3 is 1. The number of H-pyrrole nitrogens is 1. The number of pyridine rings is 1. The number of aromatic amines is 1. The van der Waals surface area contributed by atoms with Gasteiger partial charge in [0.25, 0.3) is 0 Å². The Morgan fingerprint density at radius 2 is 1.84 bits per heavy atom. The molecule has 0 saturated carbocycles. The number of aryl methyl sites for hydroxylation is 2. The third-order valence-corrected chi connectivity index (χ3v) is 6.65. The Bertz CT molecular complexity index is 1090. The van der Waals surface area contributed by atoms with Gasteiger partial charge in [-0.15, -0.1) is 0 Å². The number of piperidine rings is 1. The number of nitrogens with one attached hydrogen (secondary N) is 1. The molecule has 1 aliphatic heterocycles. The van der Waals surface area contributed by atoms with Gasteiger partial charge in [-0.2, -0.15) is 0 Å². The summed E-state index contributed by atoms with van der Waals surface area (Å²) in [4.78, 5) is 22.6. The number of amides is 1. The average molecular weight is 434 g/mol. The first-order chi connectivity index (χ1) is 15.4. The fourth-order valence-corrected chi connectivity index (χ4v) is 5.10. The first-order valence-corrected chi connectivity index (χ1v) is 11.7. The molecular formula is C27H35N3O2. The lowest BCUT2D eigenvalue weighted by atomic mass is 9.87. The number of ether oxygens (including phenoxy) is 1. The van der Waals surface area contributed by atoms with E-state index >= 15 is 0 Å². The molecule has 5 nitrogen and oxygen atoms in total. The molecule has 1 amide bonds. The lowest BCUT2D eigenvalue weighted by Crippen LogP contribution is -2.38. The van der Waals surface area contributed by atoms with Crippen LogP contribution in [0.5, 0.6) is 0 Å². The standard InChI is InChI=1S/C27H35N3O2/c1-17(2)26-23-16-21(20-8-11-30(12-9-20)25(31)10-13-32-5)6-7-24(23)29-27(26)22-14-18(3)28-19(4)15-22/h6-7,14-17,20,29H,8-13H2,1-5H3. The molecule has 5 heteroatoms. The number of hydrogen-bond donors (Lipinski definition) is 1. The Hall–Kier alpha value is -2.66. The van der Waals surface area contributed by atoms with E-state index < -0.39 is 0 Å². The summed E-state index contributed by atoms with van der Waals surface area (Å²) >= 11 is 0. The quantitative estimate of drug-likeness (QED) is 0.541. The van der Waals surface area contributed by atoms with Crippen molar-refractivity contribution < 1.29 is 9.53 Å².